The maximum absolute atomic E-state index is 8.06. The van der Waals surface area contributed by atoms with Crippen molar-refractivity contribution in [3.8, 4) is 0 Å². The van der Waals surface area contributed by atoms with Gasteiger partial charge in [-0.15, -0.1) is 37.2 Å². The molecule has 0 unspecified atom stereocenters. The molecular formula is C3H14Cl3InO. The molecule has 0 bridgehead atoms. The topological polar surface area (TPSA) is 20.2 Å². The molecule has 0 radical (unpaired) electrons. The van der Waals surface area contributed by atoms with Crippen molar-refractivity contribution in [3.63, 3.8) is 0 Å². The van der Waals surface area contributed by atoms with E-state index in [9.17, 15) is 0 Å². The Morgan fingerprint density at radius 1 is 1.00 bits per heavy atom. The average Bonchev–Trinajstić information content (AvgIpc) is 0.811. The summed E-state index contributed by atoms with van der Waals surface area (Å²) in [5, 5.41) is 8.06. The zero-order valence-electron chi connectivity index (χ0n) is 4.25. The summed E-state index contributed by atoms with van der Waals surface area (Å²) in [6.45, 7) is 3.44. The second-order valence-corrected chi connectivity index (χ2v) is 1.09. The number of hydrogen-bond acceptors (Lipinski definition) is 1. The Hall–Kier alpha value is 1.70. The van der Waals surface area contributed by atoms with E-state index in [0.717, 1.165) is 0 Å². The quantitative estimate of drug-likeness (QED) is 0.687. The van der Waals surface area contributed by atoms with Crippen LogP contribution in [0.15, 0.2) is 0 Å². The van der Waals surface area contributed by atoms with Crippen molar-refractivity contribution < 1.29 is 5.11 Å². The molecule has 0 fully saturated rings. The van der Waals surface area contributed by atoms with Crippen LogP contribution in [0.3, 0.4) is 0 Å². The first-order chi connectivity index (χ1) is 1.73. The number of aliphatic hydroxyl groups excluding tert-OH is 1. The molecule has 0 aliphatic carbocycles. The third-order valence-corrected chi connectivity index (χ3v) is 0. The van der Waals surface area contributed by atoms with Gasteiger partial charge in [0.2, 0.25) is 0 Å². The monoisotopic (exact) mass is 286 g/mol. The van der Waals surface area contributed by atoms with Crippen molar-refractivity contribution in [3.05, 3.63) is 0 Å². The number of hydrogen-bond donors (Lipinski definition) is 1. The molecular weight excluding hydrogens is 273 g/mol. The van der Waals surface area contributed by atoms with Crippen molar-refractivity contribution in [2.24, 2.45) is 0 Å². The Bertz CT molecular complexity index is 19.2. The van der Waals surface area contributed by atoms with Crippen LogP contribution in [-0.4, -0.2) is 37.1 Å². The van der Waals surface area contributed by atoms with Gasteiger partial charge in [0.15, 0.2) is 0 Å². The summed E-state index contributed by atoms with van der Waals surface area (Å²) in [7, 11) is 0. The van der Waals surface area contributed by atoms with E-state index in [1.54, 1.807) is 13.8 Å². The van der Waals surface area contributed by atoms with Crippen molar-refractivity contribution >= 4 is 63.1 Å². The standard InChI is InChI=1S/C3H8O.3ClH.In.3H/c1-3(2)4;;;;;;;/h3-4H,1-2H3;3*1H;;;;. The molecule has 0 spiro atoms. The van der Waals surface area contributed by atoms with Gasteiger partial charge in [-0.25, -0.2) is 0 Å². The van der Waals surface area contributed by atoms with Gasteiger partial charge in [-0.2, -0.15) is 0 Å². The van der Waals surface area contributed by atoms with E-state index in [1.165, 1.54) is 0 Å². The molecule has 0 amide bonds. The van der Waals surface area contributed by atoms with E-state index in [-0.39, 0.29) is 69.2 Å². The molecule has 0 aromatic rings. The predicted octanol–water partition coefficient (Wildman–Crippen LogP) is 0.469. The van der Waals surface area contributed by atoms with E-state index in [4.69, 9.17) is 5.11 Å². The van der Waals surface area contributed by atoms with Crippen LogP contribution in [0.25, 0.3) is 0 Å². The van der Waals surface area contributed by atoms with Crippen molar-refractivity contribution in [1.29, 1.82) is 0 Å². The Balaban J connectivity index is -0.00000000750. The first-order valence-corrected chi connectivity index (χ1v) is 1.41. The van der Waals surface area contributed by atoms with Gasteiger partial charge in [0.1, 0.15) is 0 Å². The number of aliphatic hydroxyl groups is 1. The van der Waals surface area contributed by atoms with Gasteiger partial charge in [0, 0.05) is 6.10 Å². The summed E-state index contributed by atoms with van der Waals surface area (Å²) in [6, 6.07) is 0. The van der Waals surface area contributed by atoms with Crippen LogP contribution < -0.4 is 0 Å². The Morgan fingerprint density at radius 3 is 1.00 bits per heavy atom. The molecule has 56 valence electrons. The minimum absolute atomic E-state index is 0. The minimum atomic E-state index is -0.167. The second-order valence-electron chi connectivity index (χ2n) is 1.09. The fraction of sp³-hybridized carbons (Fsp3) is 1.00. The van der Waals surface area contributed by atoms with Crippen LogP contribution in [0.4, 0.5) is 0 Å². The van der Waals surface area contributed by atoms with Crippen LogP contribution in [0.2, 0.25) is 0 Å². The van der Waals surface area contributed by atoms with Crippen LogP contribution in [0.1, 0.15) is 13.8 Å². The summed E-state index contributed by atoms with van der Waals surface area (Å²) < 4.78 is 0. The van der Waals surface area contributed by atoms with Gasteiger partial charge in [-0.05, 0) is 13.8 Å². The zero-order chi connectivity index (χ0) is 3.58. The molecule has 0 heterocycles. The molecule has 0 saturated carbocycles. The van der Waals surface area contributed by atoms with E-state index < -0.39 is 0 Å². The van der Waals surface area contributed by atoms with E-state index in [2.05, 4.69) is 0 Å². The zero-order valence-corrected chi connectivity index (χ0v) is 6.70. The summed E-state index contributed by atoms with van der Waals surface area (Å²) in [6.07, 6.45) is -0.167. The van der Waals surface area contributed by atoms with Crippen molar-refractivity contribution in [2.45, 2.75) is 20.0 Å². The summed E-state index contributed by atoms with van der Waals surface area (Å²) in [4.78, 5) is 0. The maximum atomic E-state index is 8.06. The molecule has 1 N–H and O–H groups in total. The average molecular weight is 287 g/mol. The second kappa shape index (κ2) is 23.4. The Labute approximate surface area is 87.6 Å². The van der Waals surface area contributed by atoms with Crippen molar-refractivity contribution in [2.75, 3.05) is 0 Å². The van der Waals surface area contributed by atoms with Gasteiger partial charge in [-0.1, -0.05) is 0 Å². The summed E-state index contributed by atoms with van der Waals surface area (Å²) in [5.74, 6) is 0. The van der Waals surface area contributed by atoms with Crippen molar-refractivity contribution in [1.82, 2.24) is 0 Å². The van der Waals surface area contributed by atoms with Crippen LogP contribution in [-0.2, 0) is 0 Å². The van der Waals surface area contributed by atoms with Gasteiger partial charge in [0.25, 0.3) is 0 Å². The van der Waals surface area contributed by atoms with Gasteiger partial charge in [-0.3, -0.25) is 0 Å². The number of rotatable bonds is 0. The molecule has 0 saturated heterocycles. The fourth-order valence-corrected chi connectivity index (χ4v) is 0. The number of halogens is 3. The predicted molar refractivity (Wildman–Crippen MR) is 49.0 cm³/mol. The molecule has 1 nitrogen and oxygen atoms in total. The van der Waals surface area contributed by atoms with Gasteiger partial charge >= 0.3 is 25.8 Å². The molecule has 0 aliphatic rings. The van der Waals surface area contributed by atoms with Crippen LogP contribution >= 0.6 is 37.2 Å². The Morgan fingerprint density at radius 2 is 1.00 bits per heavy atom. The molecule has 8 heavy (non-hydrogen) atoms. The van der Waals surface area contributed by atoms with Crippen LogP contribution in [0, 0.1) is 0 Å². The normalized spacial score (nSPS) is 4.50. The molecule has 0 aromatic heterocycles. The molecule has 5 heteroatoms. The van der Waals surface area contributed by atoms with Crippen LogP contribution in [0.5, 0.6) is 0 Å². The summed E-state index contributed by atoms with van der Waals surface area (Å²) >= 11 is 0. The van der Waals surface area contributed by atoms with Gasteiger partial charge < -0.3 is 5.11 Å². The summed E-state index contributed by atoms with van der Waals surface area (Å²) in [5.41, 5.74) is 0. The third-order valence-electron chi connectivity index (χ3n) is 0. The molecule has 0 rings (SSSR count). The third kappa shape index (κ3) is 120. The SMILES string of the molecule is CC(C)O.Cl.Cl.Cl.[InH3]. The van der Waals surface area contributed by atoms with Gasteiger partial charge in [0.05, 0.1) is 0 Å². The first-order valence-electron chi connectivity index (χ1n) is 1.41. The van der Waals surface area contributed by atoms with E-state index >= 15 is 0 Å². The Kier molecular flexibility index (Phi) is 97.0. The molecule has 0 aromatic carbocycles. The van der Waals surface area contributed by atoms with E-state index in [0.29, 0.717) is 0 Å². The molecule has 0 aliphatic heterocycles. The fourth-order valence-electron chi connectivity index (χ4n) is 0. The first kappa shape index (κ1) is 33.2. The molecule has 0 atom stereocenters. The van der Waals surface area contributed by atoms with E-state index in [1.807, 2.05) is 0 Å².